The maximum absolute atomic E-state index is 12.4. The van der Waals surface area contributed by atoms with Crippen molar-refractivity contribution < 1.29 is 13.5 Å². The topological polar surface area (TPSA) is 35.2 Å². The van der Waals surface area contributed by atoms with Crippen LogP contribution in [0.5, 0.6) is 5.75 Å². The second-order valence-electron chi connectivity index (χ2n) is 3.05. The number of hydrogen-bond donors (Lipinski definition) is 1. The molecule has 0 aliphatic rings. The summed E-state index contributed by atoms with van der Waals surface area (Å²) >= 11 is 5.71. The number of anilines is 1. The summed E-state index contributed by atoms with van der Waals surface area (Å²) in [6.07, 6.45) is 0. The molecular weight excluding hydrogens is 212 g/mol. The predicted molar refractivity (Wildman–Crippen MR) is 52.0 cm³/mol. The van der Waals surface area contributed by atoms with Gasteiger partial charge in [-0.1, -0.05) is 11.6 Å². The quantitative estimate of drug-likeness (QED) is 0.797. The van der Waals surface area contributed by atoms with Gasteiger partial charge in [0.1, 0.15) is 5.75 Å². The smallest absolute Gasteiger partial charge is 0.278 e. The van der Waals surface area contributed by atoms with Gasteiger partial charge in [0.15, 0.2) is 6.61 Å². The van der Waals surface area contributed by atoms with Crippen molar-refractivity contribution in [1.29, 1.82) is 0 Å². The molecule has 0 bridgehead atoms. The lowest BCUT2D eigenvalue weighted by molar-refractivity contribution is -0.0229. The van der Waals surface area contributed by atoms with Crippen LogP contribution < -0.4 is 10.5 Å². The molecule has 1 rings (SSSR count). The highest BCUT2D eigenvalue weighted by Crippen LogP contribution is 2.27. The van der Waals surface area contributed by atoms with Crippen molar-refractivity contribution in [3.63, 3.8) is 0 Å². The third-order valence-electron chi connectivity index (χ3n) is 1.44. The van der Waals surface area contributed by atoms with E-state index in [4.69, 9.17) is 22.1 Å². The minimum atomic E-state index is -2.87. The van der Waals surface area contributed by atoms with E-state index in [0.29, 0.717) is 5.69 Å². The van der Waals surface area contributed by atoms with E-state index in [9.17, 15) is 8.78 Å². The highest BCUT2D eigenvalue weighted by atomic mass is 35.5. The first-order valence-corrected chi connectivity index (χ1v) is 4.32. The van der Waals surface area contributed by atoms with E-state index in [0.717, 1.165) is 6.92 Å². The Hall–Kier alpha value is -1.03. The van der Waals surface area contributed by atoms with Crippen LogP contribution in [-0.4, -0.2) is 12.5 Å². The van der Waals surface area contributed by atoms with Crippen LogP contribution in [0.3, 0.4) is 0 Å². The number of nitrogens with two attached hydrogens (primary N) is 1. The molecule has 0 aromatic heterocycles. The van der Waals surface area contributed by atoms with Gasteiger partial charge in [0.2, 0.25) is 0 Å². The Labute approximate surface area is 85.6 Å². The lowest BCUT2D eigenvalue weighted by atomic mass is 10.3. The average Bonchev–Trinajstić information content (AvgIpc) is 2.00. The zero-order valence-electron chi connectivity index (χ0n) is 7.56. The molecule has 0 saturated heterocycles. The summed E-state index contributed by atoms with van der Waals surface area (Å²) in [7, 11) is 0. The van der Waals surface area contributed by atoms with E-state index in [1.165, 1.54) is 18.2 Å². The van der Waals surface area contributed by atoms with Gasteiger partial charge < -0.3 is 10.5 Å². The molecule has 14 heavy (non-hydrogen) atoms. The van der Waals surface area contributed by atoms with Gasteiger partial charge in [-0.25, -0.2) is 8.78 Å². The van der Waals surface area contributed by atoms with Crippen LogP contribution in [0, 0.1) is 0 Å². The van der Waals surface area contributed by atoms with E-state index < -0.39 is 12.5 Å². The second-order valence-corrected chi connectivity index (χ2v) is 3.46. The SMILES string of the molecule is CC(F)(F)COc1ccc(N)cc1Cl. The van der Waals surface area contributed by atoms with Crippen molar-refractivity contribution >= 4 is 17.3 Å². The highest BCUT2D eigenvalue weighted by Gasteiger charge is 2.22. The number of alkyl halides is 2. The summed E-state index contributed by atoms with van der Waals surface area (Å²) < 4.78 is 29.7. The van der Waals surface area contributed by atoms with E-state index in [1.54, 1.807) is 0 Å². The van der Waals surface area contributed by atoms with Crippen molar-refractivity contribution in [3.8, 4) is 5.75 Å². The number of rotatable bonds is 3. The Morgan fingerprint density at radius 3 is 2.64 bits per heavy atom. The normalized spacial score (nSPS) is 11.4. The number of benzene rings is 1. The summed E-state index contributed by atoms with van der Waals surface area (Å²) in [5.74, 6) is -2.66. The highest BCUT2D eigenvalue weighted by molar-refractivity contribution is 6.32. The first kappa shape index (κ1) is 11.0. The van der Waals surface area contributed by atoms with Gasteiger partial charge in [0.25, 0.3) is 5.92 Å². The molecule has 2 N–H and O–H groups in total. The minimum Gasteiger partial charge on any atom is -0.486 e. The van der Waals surface area contributed by atoms with Gasteiger partial charge in [-0.2, -0.15) is 0 Å². The van der Waals surface area contributed by atoms with Gasteiger partial charge in [0.05, 0.1) is 5.02 Å². The molecule has 0 radical (unpaired) electrons. The predicted octanol–water partition coefficient (Wildman–Crippen LogP) is 2.96. The second kappa shape index (κ2) is 4.00. The molecule has 0 saturated carbocycles. The van der Waals surface area contributed by atoms with Crippen LogP contribution >= 0.6 is 11.6 Å². The van der Waals surface area contributed by atoms with Crippen LogP contribution in [0.25, 0.3) is 0 Å². The third-order valence-corrected chi connectivity index (χ3v) is 1.73. The third kappa shape index (κ3) is 3.38. The van der Waals surface area contributed by atoms with Crippen molar-refractivity contribution in [2.75, 3.05) is 12.3 Å². The first-order chi connectivity index (χ1) is 6.38. The maximum Gasteiger partial charge on any atom is 0.278 e. The van der Waals surface area contributed by atoms with Crippen LogP contribution in [0.15, 0.2) is 18.2 Å². The Bertz CT molecular complexity index is 325. The minimum absolute atomic E-state index is 0.211. The van der Waals surface area contributed by atoms with Crippen molar-refractivity contribution in [2.45, 2.75) is 12.8 Å². The largest absolute Gasteiger partial charge is 0.486 e. The lowest BCUT2D eigenvalue weighted by Gasteiger charge is -2.12. The van der Waals surface area contributed by atoms with E-state index >= 15 is 0 Å². The number of ether oxygens (including phenoxy) is 1. The van der Waals surface area contributed by atoms with E-state index in [2.05, 4.69) is 0 Å². The molecule has 2 nitrogen and oxygen atoms in total. The fraction of sp³-hybridized carbons (Fsp3) is 0.333. The summed E-state index contributed by atoms with van der Waals surface area (Å²) in [6, 6.07) is 4.45. The lowest BCUT2D eigenvalue weighted by Crippen LogP contribution is -2.21. The molecule has 1 aromatic rings. The van der Waals surface area contributed by atoms with Gasteiger partial charge in [-0.05, 0) is 18.2 Å². The molecule has 0 spiro atoms. The monoisotopic (exact) mass is 221 g/mol. The Kier molecular flexibility index (Phi) is 3.16. The molecule has 0 aliphatic heterocycles. The molecule has 5 heteroatoms. The number of halogens is 3. The fourth-order valence-corrected chi connectivity index (χ4v) is 1.08. The van der Waals surface area contributed by atoms with Gasteiger partial charge in [-0.3, -0.25) is 0 Å². The zero-order chi connectivity index (χ0) is 10.8. The summed E-state index contributed by atoms with van der Waals surface area (Å²) in [6.45, 7) is 0.0782. The van der Waals surface area contributed by atoms with Crippen LogP contribution in [0.2, 0.25) is 5.02 Å². The van der Waals surface area contributed by atoms with Gasteiger partial charge in [0, 0.05) is 12.6 Å². The van der Waals surface area contributed by atoms with Crippen LogP contribution in [0.1, 0.15) is 6.92 Å². The number of hydrogen-bond acceptors (Lipinski definition) is 2. The molecule has 0 aliphatic carbocycles. The molecule has 0 amide bonds. The van der Waals surface area contributed by atoms with Crippen molar-refractivity contribution in [3.05, 3.63) is 23.2 Å². The van der Waals surface area contributed by atoms with Crippen molar-refractivity contribution in [2.24, 2.45) is 0 Å². The molecule has 1 aromatic carbocycles. The molecule has 0 atom stereocenters. The van der Waals surface area contributed by atoms with E-state index in [-0.39, 0.29) is 10.8 Å². The molecule has 0 unspecified atom stereocenters. The number of nitrogen functional groups attached to an aromatic ring is 1. The maximum atomic E-state index is 12.4. The van der Waals surface area contributed by atoms with Crippen LogP contribution in [-0.2, 0) is 0 Å². The summed E-state index contributed by atoms with van der Waals surface area (Å²) in [4.78, 5) is 0. The Balaban J connectivity index is 2.68. The van der Waals surface area contributed by atoms with Crippen LogP contribution in [0.4, 0.5) is 14.5 Å². The summed E-state index contributed by atoms with van der Waals surface area (Å²) in [5.41, 5.74) is 5.88. The van der Waals surface area contributed by atoms with E-state index in [1.807, 2.05) is 0 Å². The Morgan fingerprint density at radius 1 is 1.50 bits per heavy atom. The standard InChI is InChI=1S/C9H10ClF2NO/c1-9(11,12)5-14-8-3-2-6(13)4-7(8)10/h2-4H,5,13H2,1H3. The molecule has 78 valence electrons. The fourth-order valence-electron chi connectivity index (χ4n) is 0.839. The summed E-state index contributed by atoms with van der Waals surface area (Å²) in [5, 5.41) is 0.231. The zero-order valence-corrected chi connectivity index (χ0v) is 8.31. The van der Waals surface area contributed by atoms with Gasteiger partial charge >= 0.3 is 0 Å². The van der Waals surface area contributed by atoms with Crippen molar-refractivity contribution in [1.82, 2.24) is 0 Å². The molecular formula is C9H10ClF2NO. The average molecular weight is 222 g/mol. The molecule has 0 fully saturated rings. The first-order valence-electron chi connectivity index (χ1n) is 3.94. The Morgan fingerprint density at radius 2 is 2.14 bits per heavy atom. The molecule has 0 heterocycles. The van der Waals surface area contributed by atoms with Gasteiger partial charge in [-0.15, -0.1) is 0 Å².